The molecule has 0 amide bonds. The smallest absolute Gasteiger partial charge is 0.412 e. The average Bonchev–Trinajstić information content (AvgIpc) is 2.76. The van der Waals surface area contributed by atoms with Gasteiger partial charge in [0, 0.05) is 12.6 Å². The molecule has 1 aromatic rings. The fraction of sp³-hybridized carbons (Fsp3) is 0.455. The number of benzene rings is 1. The number of para-hydroxylation sites is 1. The van der Waals surface area contributed by atoms with Gasteiger partial charge in [0.05, 0.1) is 6.61 Å². The van der Waals surface area contributed by atoms with Crippen molar-refractivity contribution in [2.24, 2.45) is 0 Å². The summed E-state index contributed by atoms with van der Waals surface area (Å²) >= 11 is 0. The van der Waals surface area contributed by atoms with Gasteiger partial charge in [0.15, 0.2) is 0 Å². The lowest BCUT2D eigenvalue weighted by Crippen LogP contribution is -2.47. The van der Waals surface area contributed by atoms with E-state index in [0.717, 1.165) is 19.4 Å². The van der Waals surface area contributed by atoms with Gasteiger partial charge in [-0.3, -0.25) is 4.52 Å². The third-order valence-corrected chi connectivity index (χ3v) is 4.48. The third kappa shape index (κ3) is 2.38. The van der Waals surface area contributed by atoms with Crippen LogP contribution in [0.2, 0.25) is 0 Å². The van der Waals surface area contributed by atoms with E-state index in [-0.39, 0.29) is 0 Å². The summed E-state index contributed by atoms with van der Waals surface area (Å²) in [5, 5.41) is 4.86. The minimum absolute atomic E-state index is 0.330. The van der Waals surface area contributed by atoms with Crippen LogP contribution in [0.3, 0.4) is 0 Å². The van der Waals surface area contributed by atoms with Gasteiger partial charge in [0.25, 0.3) is 0 Å². The highest BCUT2D eigenvalue weighted by atomic mass is 31.2. The number of fused-ring (bicyclic) bond motifs is 1. The second-order valence-electron chi connectivity index (χ2n) is 4.29. The van der Waals surface area contributed by atoms with Crippen LogP contribution in [-0.4, -0.2) is 24.2 Å². The third-order valence-electron chi connectivity index (χ3n) is 3.03. The fourth-order valence-corrected chi connectivity index (χ4v) is 3.67. The second-order valence-corrected chi connectivity index (χ2v) is 5.92. The van der Waals surface area contributed by atoms with Crippen molar-refractivity contribution in [3.05, 3.63) is 30.3 Å². The summed E-state index contributed by atoms with van der Waals surface area (Å²) in [6, 6.07) is 9.42. The van der Waals surface area contributed by atoms with Crippen LogP contribution in [-0.2, 0) is 9.09 Å². The molecule has 1 N–H and O–H groups in total. The lowest BCUT2D eigenvalue weighted by molar-refractivity contribution is 0.0844. The predicted molar refractivity (Wildman–Crippen MR) is 63.5 cm³/mol. The Labute approximate surface area is 100 Å². The molecule has 2 aliphatic rings. The molecule has 0 radical (unpaired) electrons. The zero-order valence-electron chi connectivity index (χ0n) is 9.41. The summed E-state index contributed by atoms with van der Waals surface area (Å²) < 4.78 is 23.1. The Morgan fingerprint density at radius 3 is 3.06 bits per heavy atom. The molecular weight excluding hydrogens is 239 g/mol. The highest BCUT2D eigenvalue weighted by Crippen LogP contribution is 2.48. The topological polar surface area (TPSA) is 50.8 Å². The zero-order chi connectivity index (χ0) is 11.7. The highest BCUT2D eigenvalue weighted by molar-refractivity contribution is 7.52. The lowest BCUT2D eigenvalue weighted by Gasteiger charge is -2.34. The molecule has 3 rings (SSSR count). The van der Waals surface area contributed by atoms with Crippen LogP contribution in [0, 0.1) is 0 Å². The zero-order valence-corrected chi connectivity index (χ0v) is 10.3. The molecule has 0 aromatic heterocycles. The fourth-order valence-electron chi connectivity index (χ4n) is 2.18. The van der Waals surface area contributed by atoms with Crippen LogP contribution in [0.1, 0.15) is 12.8 Å². The van der Waals surface area contributed by atoms with Gasteiger partial charge in [-0.2, -0.15) is 0 Å². The number of rotatable bonds is 2. The Hall–Kier alpha value is -0.870. The average molecular weight is 254 g/mol. The standard InChI is InChI=1S/C11H15N2O3P/c14-17(16-11-6-2-1-3-7-11)12-13-8-4-5-10(13)9-15-17/h1-3,6-7,10H,4-5,8-9H2,(H,12,14). The molecule has 2 saturated heterocycles. The first-order chi connectivity index (χ1) is 8.25. The first-order valence-corrected chi connectivity index (χ1v) is 7.33. The van der Waals surface area contributed by atoms with Crippen molar-refractivity contribution in [3.8, 4) is 5.75 Å². The van der Waals surface area contributed by atoms with E-state index in [1.54, 1.807) is 12.1 Å². The molecule has 2 heterocycles. The molecule has 2 aliphatic heterocycles. The molecule has 1 aromatic carbocycles. The van der Waals surface area contributed by atoms with Crippen molar-refractivity contribution < 1.29 is 13.6 Å². The maximum atomic E-state index is 12.3. The van der Waals surface area contributed by atoms with Crippen molar-refractivity contribution in [1.29, 1.82) is 0 Å². The first-order valence-electron chi connectivity index (χ1n) is 5.79. The van der Waals surface area contributed by atoms with Crippen LogP contribution < -0.4 is 9.72 Å². The summed E-state index contributed by atoms with van der Waals surface area (Å²) in [6.45, 7) is 1.37. The van der Waals surface area contributed by atoms with Gasteiger partial charge in [0.2, 0.25) is 0 Å². The van der Waals surface area contributed by atoms with E-state index in [1.807, 2.05) is 23.2 Å². The predicted octanol–water partition coefficient (Wildman–Crippen LogP) is 2.17. The molecule has 0 bridgehead atoms. The summed E-state index contributed by atoms with van der Waals surface area (Å²) in [7, 11) is -3.23. The minimum atomic E-state index is -3.23. The van der Waals surface area contributed by atoms with Crippen molar-refractivity contribution >= 4 is 7.75 Å². The van der Waals surface area contributed by atoms with Gasteiger partial charge in [-0.1, -0.05) is 18.2 Å². The number of nitrogens with zero attached hydrogens (tertiary/aromatic N) is 1. The Bertz CT molecular complexity index is 440. The van der Waals surface area contributed by atoms with E-state index in [2.05, 4.69) is 5.20 Å². The molecule has 0 saturated carbocycles. The number of hydrogen-bond acceptors (Lipinski definition) is 4. The quantitative estimate of drug-likeness (QED) is 0.820. The van der Waals surface area contributed by atoms with Gasteiger partial charge < -0.3 is 4.52 Å². The Balaban J connectivity index is 1.72. The minimum Gasteiger partial charge on any atom is -0.412 e. The number of nitrogens with one attached hydrogen (secondary N) is 1. The molecule has 2 unspecified atom stereocenters. The Morgan fingerprint density at radius 2 is 2.24 bits per heavy atom. The molecule has 92 valence electrons. The van der Waals surface area contributed by atoms with Crippen LogP contribution in [0.15, 0.2) is 30.3 Å². The van der Waals surface area contributed by atoms with E-state index in [0.29, 0.717) is 18.4 Å². The summed E-state index contributed by atoms with van der Waals surface area (Å²) in [5.74, 6) is 0.556. The summed E-state index contributed by atoms with van der Waals surface area (Å²) in [5.41, 5.74) is 0. The van der Waals surface area contributed by atoms with Gasteiger partial charge >= 0.3 is 7.75 Å². The van der Waals surface area contributed by atoms with Crippen LogP contribution in [0.25, 0.3) is 0 Å². The van der Waals surface area contributed by atoms with Crippen molar-refractivity contribution in [2.75, 3.05) is 13.2 Å². The normalized spacial score (nSPS) is 33.3. The number of hydrogen-bond donors (Lipinski definition) is 1. The van der Waals surface area contributed by atoms with Crippen molar-refractivity contribution in [1.82, 2.24) is 10.2 Å². The monoisotopic (exact) mass is 254 g/mol. The lowest BCUT2D eigenvalue weighted by atomic mass is 10.2. The second kappa shape index (κ2) is 4.42. The first kappa shape index (κ1) is 11.2. The SMILES string of the molecule is O=P1(Oc2ccccc2)NN2CCCC2CO1. The molecule has 6 heteroatoms. The van der Waals surface area contributed by atoms with Crippen molar-refractivity contribution in [2.45, 2.75) is 18.9 Å². The molecule has 0 spiro atoms. The summed E-state index contributed by atoms with van der Waals surface area (Å²) in [4.78, 5) is 0. The van der Waals surface area contributed by atoms with E-state index >= 15 is 0 Å². The van der Waals surface area contributed by atoms with E-state index < -0.39 is 7.75 Å². The number of hydrazine groups is 1. The Morgan fingerprint density at radius 1 is 1.41 bits per heavy atom. The maximum Gasteiger partial charge on any atom is 0.472 e. The molecule has 17 heavy (non-hydrogen) atoms. The largest absolute Gasteiger partial charge is 0.472 e. The van der Waals surface area contributed by atoms with Gasteiger partial charge in [-0.05, 0) is 25.0 Å². The van der Waals surface area contributed by atoms with E-state index in [1.165, 1.54) is 0 Å². The van der Waals surface area contributed by atoms with E-state index in [9.17, 15) is 4.57 Å². The van der Waals surface area contributed by atoms with E-state index in [4.69, 9.17) is 9.05 Å². The maximum absolute atomic E-state index is 12.3. The van der Waals surface area contributed by atoms with Gasteiger partial charge in [-0.15, -0.1) is 5.20 Å². The van der Waals surface area contributed by atoms with Gasteiger partial charge in [0.1, 0.15) is 5.75 Å². The van der Waals surface area contributed by atoms with Crippen LogP contribution >= 0.6 is 7.75 Å². The molecule has 5 nitrogen and oxygen atoms in total. The molecule has 2 fully saturated rings. The van der Waals surface area contributed by atoms with Gasteiger partial charge in [-0.25, -0.2) is 9.57 Å². The Kier molecular flexibility index (Phi) is 2.92. The van der Waals surface area contributed by atoms with Crippen molar-refractivity contribution in [3.63, 3.8) is 0 Å². The van der Waals surface area contributed by atoms with Crippen LogP contribution in [0.5, 0.6) is 5.75 Å². The molecule has 0 aliphatic carbocycles. The molecular formula is C11H15N2O3P. The van der Waals surface area contributed by atoms with Crippen LogP contribution in [0.4, 0.5) is 0 Å². The summed E-state index contributed by atoms with van der Waals surface area (Å²) in [6.07, 6.45) is 2.19. The molecule has 2 atom stereocenters. The highest BCUT2D eigenvalue weighted by Gasteiger charge is 2.40.